The molecule has 0 unspecified atom stereocenters. The van der Waals surface area contributed by atoms with Gasteiger partial charge in [0.25, 0.3) is 0 Å². The minimum atomic E-state index is -2.93. The Labute approximate surface area is 353 Å². The van der Waals surface area contributed by atoms with Gasteiger partial charge in [-0.1, -0.05) is 188 Å². The summed E-state index contributed by atoms with van der Waals surface area (Å²) in [6, 6.07) is 84.8. The smallest absolute Gasteiger partial charge is 0.180 e. The van der Waals surface area contributed by atoms with Crippen LogP contribution < -0.4 is 25.6 Å². The first kappa shape index (κ1) is 34.6. The molecule has 278 valence electrons. The van der Waals surface area contributed by atoms with Crippen LogP contribution in [0.5, 0.6) is 0 Å². The van der Waals surface area contributed by atoms with Crippen LogP contribution in [0.25, 0.3) is 20.2 Å². The molecule has 0 N–H and O–H groups in total. The summed E-state index contributed by atoms with van der Waals surface area (Å²) >= 11 is 3.79. The molecule has 2 aliphatic rings. The van der Waals surface area contributed by atoms with Crippen LogP contribution in [0.3, 0.4) is 0 Å². The zero-order valence-electron chi connectivity index (χ0n) is 32.1. The Morgan fingerprint density at radius 2 is 0.932 bits per heavy atom. The van der Waals surface area contributed by atoms with E-state index in [0.717, 1.165) is 11.4 Å². The fourth-order valence-corrected chi connectivity index (χ4v) is 18.1. The van der Waals surface area contributed by atoms with E-state index in [4.69, 9.17) is 0 Å². The largest absolute Gasteiger partial charge is 0.309 e. The van der Waals surface area contributed by atoms with Gasteiger partial charge in [0.15, 0.2) is 8.07 Å². The van der Waals surface area contributed by atoms with E-state index in [1.807, 2.05) is 23.1 Å². The van der Waals surface area contributed by atoms with Crippen LogP contribution in [-0.4, -0.2) is 8.07 Å². The molecular formula is C55H37NS2Si. The summed E-state index contributed by atoms with van der Waals surface area (Å²) in [5.41, 5.74) is 8.32. The number of fused-ring (bicyclic) bond motifs is 11. The van der Waals surface area contributed by atoms with Crippen LogP contribution in [0.2, 0.25) is 0 Å². The Bertz CT molecular complexity index is 3130. The van der Waals surface area contributed by atoms with E-state index in [9.17, 15) is 0 Å². The average Bonchev–Trinajstić information content (AvgIpc) is 3.70. The summed E-state index contributed by atoms with van der Waals surface area (Å²) in [5, 5.41) is 8.26. The number of nitrogens with zero attached hydrogens (tertiary/aromatic N) is 1. The number of hydrogen-bond donors (Lipinski definition) is 0. The van der Waals surface area contributed by atoms with Crippen molar-refractivity contribution in [3.8, 4) is 0 Å². The molecule has 0 saturated carbocycles. The summed E-state index contributed by atoms with van der Waals surface area (Å²) in [4.78, 5) is 5.12. The standard InChI is InChI=1S/C55H37NS2Si/c1-4-19-38(20-5-1)56(48-30-18-26-43-42-25-10-14-31-49(42)58-54(43)48)39-35-36-53-47(37-39)55(44-27-11-15-32-50(44)57-51-33-16-12-28-45(51)55)46-29-13-17-34-52(46)59(53,40-21-6-2-7-22-40)41-23-8-3-9-24-41/h1-37H. The summed E-state index contributed by atoms with van der Waals surface area (Å²) in [6.45, 7) is 0. The molecule has 9 aromatic carbocycles. The van der Waals surface area contributed by atoms with Crippen molar-refractivity contribution < 1.29 is 0 Å². The predicted molar refractivity (Wildman–Crippen MR) is 254 cm³/mol. The average molecular weight is 804 g/mol. The number of benzene rings is 9. The highest BCUT2D eigenvalue weighted by atomic mass is 32.2. The summed E-state index contributed by atoms with van der Waals surface area (Å²) < 4.78 is 2.59. The molecule has 12 rings (SSSR count). The van der Waals surface area contributed by atoms with Gasteiger partial charge in [0.05, 0.1) is 15.8 Å². The molecule has 0 saturated heterocycles. The van der Waals surface area contributed by atoms with Crippen LogP contribution >= 0.6 is 23.1 Å². The molecule has 2 aliphatic heterocycles. The van der Waals surface area contributed by atoms with Gasteiger partial charge in [0.1, 0.15) is 0 Å². The van der Waals surface area contributed by atoms with Gasteiger partial charge in [0, 0.05) is 36.6 Å². The van der Waals surface area contributed by atoms with E-state index < -0.39 is 13.5 Å². The number of para-hydroxylation sites is 1. The van der Waals surface area contributed by atoms with E-state index >= 15 is 0 Å². The zero-order valence-corrected chi connectivity index (χ0v) is 34.8. The molecule has 0 radical (unpaired) electrons. The monoisotopic (exact) mass is 803 g/mol. The normalized spacial score (nSPS) is 14.3. The van der Waals surface area contributed by atoms with Gasteiger partial charge in [-0.05, 0) is 91.5 Å². The maximum absolute atomic E-state index is 2.93. The van der Waals surface area contributed by atoms with Crippen molar-refractivity contribution in [2.24, 2.45) is 0 Å². The fraction of sp³-hybridized carbons (Fsp3) is 0.0182. The summed E-state index contributed by atoms with van der Waals surface area (Å²) in [6.07, 6.45) is 0. The van der Waals surface area contributed by atoms with Gasteiger partial charge in [0.2, 0.25) is 0 Å². The molecule has 4 heteroatoms. The second-order valence-electron chi connectivity index (χ2n) is 15.5. The molecule has 3 heterocycles. The van der Waals surface area contributed by atoms with Crippen LogP contribution in [0.4, 0.5) is 17.1 Å². The minimum Gasteiger partial charge on any atom is -0.309 e. The van der Waals surface area contributed by atoms with Crippen molar-refractivity contribution in [1.82, 2.24) is 0 Å². The molecule has 1 nitrogen and oxygen atoms in total. The third-order valence-electron chi connectivity index (χ3n) is 12.7. The van der Waals surface area contributed by atoms with Gasteiger partial charge < -0.3 is 4.90 Å². The van der Waals surface area contributed by atoms with Gasteiger partial charge in [-0.3, -0.25) is 0 Å². The molecule has 0 aliphatic carbocycles. The quantitative estimate of drug-likeness (QED) is 0.159. The Balaban J connectivity index is 1.26. The summed E-state index contributed by atoms with van der Waals surface area (Å²) in [7, 11) is -2.93. The van der Waals surface area contributed by atoms with E-state index in [1.165, 1.54) is 78.7 Å². The Kier molecular flexibility index (Phi) is 7.96. The van der Waals surface area contributed by atoms with Crippen molar-refractivity contribution >= 4 is 89.2 Å². The molecular weight excluding hydrogens is 767 g/mol. The lowest BCUT2D eigenvalue weighted by molar-refractivity contribution is 0.707. The maximum atomic E-state index is 2.58. The fourth-order valence-electron chi connectivity index (χ4n) is 10.4. The topological polar surface area (TPSA) is 3.24 Å². The highest BCUT2D eigenvalue weighted by Crippen LogP contribution is 2.57. The Morgan fingerprint density at radius 1 is 0.390 bits per heavy atom. The van der Waals surface area contributed by atoms with Gasteiger partial charge in [-0.15, -0.1) is 11.3 Å². The second kappa shape index (κ2) is 13.6. The lowest BCUT2D eigenvalue weighted by Crippen LogP contribution is -2.79. The van der Waals surface area contributed by atoms with E-state index in [0.29, 0.717) is 0 Å². The number of anilines is 3. The van der Waals surface area contributed by atoms with Crippen molar-refractivity contribution in [3.63, 3.8) is 0 Å². The lowest BCUT2D eigenvalue weighted by atomic mass is 9.64. The Hall–Kier alpha value is -6.43. The third-order valence-corrected chi connectivity index (χ3v) is 19.9. The first-order valence-corrected chi connectivity index (χ1v) is 23.9. The van der Waals surface area contributed by atoms with Gasteiger partial charge >= 0.3 is 0 Å². The van der Waals surface area contributed by atoms with E-state index in [1.54, 1.807) is 0 Å². The first-order chi connectivity index (χ1) is 29.3. The predicted octanol–water partition coefficient (Wildman–Crippen LogP) is 12.1. The molecule has 0 amide bonds. The molecule has 59 heavy (non-hydrogen) atoms. The van der Waals surface area contributed by atoms with E-state index in [2.05, 4.69) is 229 Å². The zero-order chi connectivity index (χ0) is 39.0. The molecule has 0 atom stereocenters. The van der Waals surface area contributed by atoms with E-state index in [-0.39, 0.29) is 0 Å². The highest BCUT2D eigenvalue weighted by molar-refractivity contribution is 7.99. The second-order valence-corrected chi connectivity index (χ2v) is 21.4. The van der Waals surface area contributed by atoms with Gasteiger partial charge in [-0.2, -0.15) is 0 Å². The van der Waals surface area contributed by atoms with Crippen LogP contribution in [-0.2, 0) is 5.41 Å². The number of rotatable bonds is 5. The molecule has 0 fully saturated rings. The maximum Gasteiger partial charge on any atom is 0.180 e. The lowest BCUT2D eigenvalue weighted by Gasteiger charge is -2.52. The Morgan fingerprint density at radius 3 is 1.63 bits per heavy atom. The van der Waals surface area contributed by atoms with Crippen LogP contribution in [0.15, 0.2) is 234 Å². The molecule has 1 aromatic heterocycles. The van der Waals surface area contributed by atoms with Crippen molar-refractivity contribution in [1.29, 1.82) is 0 Å². The van der Waals surface area contributed by atoms with Crippen LogP contribution in [0.1, 0.15) is 22.3 Å². The molecule has 1 spiro atoms. The molecule has 10 aromatic rings. The van der Waals surface area contributed by atoms with Crippen LogP contribution in [0, 0.1) is 0 Å². The van der Waals surface area contributed by atoms with Crippen molar-refractivity contribution in [2.75, 3.05) is 4.90 Å². The first-order valence-electron chi connectivity index (χ1n) is 20.3. The number of hydrogen-bond acceptors (Lipinski definition) is 3. The highest BCUT2D eigenvalue weighted by Gasteiger charge is 2.57. The summed E-state index contributed by atoms with van der Waals surface area (Å²) in [5.74, 6) is 0. The van der Waals surface area contributed by atoms with Crippen molar-refractivity contribution in [2.45, 2.75) is 15.2 Å². The SMILES string of the molecule is c1ccc(N(c2ccc3c(c2)C2(c4ccccc4Sc4ccccc42)c2ccccc2[Si]3(c2ccccc2)c2ccccc2)c2cccc3c2sc2ccccc23)cc1. The minimum absolute atomic E-state index is 0.577. The van der Waals surface area contributed by atoms with Gasteiger partial charge in [-0.25, -0.2) is 0 Å². The number of thiophene rings is 1. The third kappa shape index (κ3) is 4.91. The van der Waals surface area contributed by atoms with Crippen molar-refractivity contribution in [3.05, 3.63) is 247 Å². The molecule has 0 bridgehead atoms.